The third-order valence-electron chi connectivity index (χ3n) is 3.30. The minimum atomic E-state index is -4.52. The Morgan fingerprint density at radius 2 is 1.86 bits per heavy atom. The normalized spacial score (nSPS) is 11.4. The van der Waals surface area contributed by atoms with Crippen LogP contribution >= 0.6 is 0 Å². The van der Waals surface area contributed by atoms with Crippen molar-refractivity contribution in [2.75, 3.05) is 0 Å². The number of benzene rings is 1. The molecule has 2 rings (SSSR count). The predicted octanol–water partition coefficient (Wildman–Crippen LogP) is 4.85. The highest BCUT2D eigenvalue weighted by Gasteiger charge is 2.37. The molecule has 0 N–H and O–H groups in total. The first-order valence-electron chi connectivity index (χ1n) is 6.75. The minimum Gasteiger partial charge on any atom is -0.346 e. The van der Waals surface area contributed by atoms with Crippen molar-refractivity contribution >= 4 is 0 Å². The molecule has 0 saturated carbocycles. The van der Waals surface area contributed by atoms with Gasteiger partial charge in [0.15, 0.2) is 0 Å². The molecule has 0 atom stereocenters. The topological polar surface area (TPSA) is 28.7 Å². The Morgan fingerprint density at radius 3 is 2.38 bits per heavy atom. The number of hydrogen-bond acceptors (Lipinski definition) is 1. The van der Waals surface area contributed by atoms with Gasteiger partial charge in [-0.05, 0) is 12.0 Å². The Balaban J connectivity index is 2.65. The fraction of sp³-hybridized carbons (Fsp3) is 0.312. The average molecular weight is 292 g/mol. The fourth-order valence-corrected chi connectivity index (χ4v) is 2.30. The molecule has 21 heavy (non-hydrogen) atoms. The maximum atomic E-state index is 13.1. The number of nitrogens with zero attached hydrogens (tertiary/aromatic N) is 2. The molecular weight excluding hydrogens is 277 g/mol. The second kappa shape index (κ2) is 6.04. The van der Waals surface area contributed by atoms with Gasteiger partial charge < -0.3 is 4.57 Å². The van der Waals surface area contributed by atoms with E-state index in [1.807, 2.05) is 6.92 Å². The molecule has 1 heterocycles. The van der Waals surface area contributed by atoms with Crippen LogP contribution in [0.3, 0.4) is 0 Å². The van der Waals surface area contributed by atoms with Crippen molar-refractivity contribution in [3.8, 4) is 17.3 Å². The van der Waals surface area contributed by atoms with E-state index in [1.165, 1.54) is 0 Å². The number of rotatable bonds is 4. The Labute approximate surface area is 121 Å². The summed E-state index contributed by atoms with van der Waals surface area (Å²) in [5.41, 5.74) is -0.190. The van der Waals surface area contributed by atoms with Gasteiger partial charge in [0.2, 0.25) is 0 Å². The number of nitriles is 1. The van der Waals surface area contributed by atoms with Crippen LogP contribution in [0.1, 0.15) is 30.9 Å². The van der Waals surface area contributed by atoms with Crippen molar-refractivity contribution in [1.82, 2.24) is 4.57 Å². The molecule has 0 radical (unpaired) electrons. The van der Waals surface area contributed by atoms with E-state index in [4.69, 9.17) is 0 Å². The molecule has 1 aromatic carbocycles. The average Bonchev–Trinajstić information content (AvgIpc) is 2.84. The van der Waals surface area contributed by atoms with Crippen molar-refractivity contribution in [2.45, 2.75) is 32.5 Å². The summed E-state index contributed by atoms with van der Waals surface area (Å²) in [6.45, 7) is 2.44. The highest BCUT2D eigenvalue weighted by Crippen LogP contribution is 2.38. The van der Waals surface area contributed by atoms with Crippen molar-refractivity contribution in [3.63, 3.8) is 0 Å². The zero-order chi connectivity index (χ0) is 15.5. The van der Waals surface area contributed by atoms with Gasteiger partial charge in [0.05, 0.1) is 16.8 Å². The van der Waals surface area contributed by atoms with E-state index < -0.39 is 11.7 Å². The zero-order valence-electron chi connectivity index (χ0n) is 11.6. The summed E-state index contributed by atoms with van der Waals surface area (Å²) < 4.78 is 40.8. The van der Waals surface area contributed by atoms with Crippen LogP contribution in [0, 0.1) is 11.3 Å². The highest BCUT2D eigenvalue weighted by atomic mass is 19.4. The number of hydrogen-bond donors (Lipinski definition) is 0. The number of aryl methyl sites for hydroxylation is 1. The van der Waals surface area contributed by atoms with Crippen LogP contribution in [0.2, 0.25) is 0 Å². The molecule has 5 heteroatoms. The van der Waals surface area contributed by atoms with Crippen LogP contribution < -0.4 is 0 Å². The molecule has 2 nitrogen and oxygen atoms in total. The second-order valence-corrected chi connectivity index (χ2v) is 4.79. The standard InChI is InChI=1S/C16H15F3N2/c1-2-3-9-21-11-14(16(17,18)19)13(10-20)15(21)12-7-5-4-6-8-12/h4-8,11H,2-3,9H2,1H3. The van der Waals surface area contributed by atoms with Gasteiger partial charge in [-0.3, -0.25) is 0 Å². The summed E-state index contributed by atoms with van der Waals surface area (Å²) in [6, 6.07) is 10.5. The van der Waals surface area contributed by atoms with E-state index in [0.717, 1.165) is 19.0 Å². The molecule has 0 aliphatic heterocycles. The first-order valence-corrected chi connectivity index (χ1v) is 6.75. The summed E-state index contributed by atoms with van der Waals surface area (Å²) >= 11 is 0. The molecule has 2 aromatic rings. The Hall–Kier alpha value is -2.22. The molecule has 0 saturated heterocycles. The third-order valence-corrected chi connectivity index (χ3v) is 3.30. The van der Waals surface area contributed by atoms with E-state index in [-0.39, 0.29) is 5.56 Å². The van der Waals surface area contributed by atoms with Gasteiger partial charge in [0.25, 0.3) is 0 Å². The fourth-order valence-electron chi connectivity index (χ4n) is 2.30. The summed E-state index contributed by atoms with van der Waals surface area (Å²) in [4.78, 5) is 0. The number of alkyl halides is 3. The van der Waals surface area contributed by atoms with Gasteiger partial charge >= 0.3 is 6.18 Å². The van der Waals surface area contributed by atoms with Crippen molar-refractivity contribution in [2.24, 2.45) is 0 Å². The van der Waals surface area contributed by atoms with Crippen molar-refractivity contribution in [3.05, 3.63) is 47.7 Å². The number of unbranched alkanes of at least 4 members (excludes halogenated alkanes) is 1. The van der Waals surface area contributed by atoms with Crippen LogP contribution in [-0.4, -0.2) is 4.57 Å². The summed E-state index contributed by atoms with van der Waals surface area (Å²) in [6.07, 6.45) is -1.84. The largest absolute Gasteiger partial charge is 0.419 e. The monoisotopic (exact) mass is 292 g/mol. The van der Waals surface area contributed by atoms with Crippen molar-refractivity contribution in [1.29, 1.82) is 5.26 Å². The van der Waals surface area contributed by atoms with Gasteiger partial charge in [-0.1, -0.05) is 43.7 Å². The first-order chi connectivity index (χ1) is 9.99. The predicted molar refractivity (Wildman–Crippen MR) is 74.5 cm³/mol. The van der Waals surface area contributed by atoms with Gasteiger partial charge in [-0.25, -0.2) is 0 Å². The first kappa shape index (κ1) is 15.2. The molecule has 110 valence electrons. The van der Waals surface area contributed by atoms with Crippen LogP contribution in [0.4, 0.5) is 13.2 Å². The lowest BCUT2D eigenvalue weighted by Crippen LogP contribution is -2.05. The smallest absolute Gasteiger partial charge is 0.346 e. The number of halogens is 3. The van der Waals surface area contributed by atoms with Gasteiger partial charge in [0.1, 0.15) is 6.07 Å². The quantitative estimate of drug-likeness (QED) is 0.792. The highest BCUT2D eigenvalue weighted by molar-refractivity contribution is 5.70. The molecule has 0 aliphatic rings. The van der Waals surface area contributed by atoms with Crippen LogP contribution in [0.5, 0.6) is 0 Å². The Morgan fingerprint density at radius 1 is 1.19 bits per heavy atom. The van der Waals surface area contributed by atoms with E-state index >= 15 is 0 Å². The number of aromatic nitrogens is 1. The molecule has 0 fully saturated rings. The van der Waals surface area contributed by atoms with E-state index in [9.17, 15) is 18.4 Å². The van der Waals surface area contributed by atoms with Crippen LogP contribution in [0.25, 0.3) is 11.3 Å². The molecule has 0 spiro atoms. The van der Waals surface area contributed by atoms with E-state index in [0.29, 0.717) is 17.8 Å². The molecular formula is C16H15F3N2. The molecule has 0 bridgehead atoms. The lowest BCUT2D eigenvalue weighted by Gasteiger charge is -2.09. The van der Waals surface area contributed by atoms with Crippen LogP contribution in [0.15, 0.2) is 36.5 Å². The van der Waals surface area contributed by atoms with Crippen molar-refractivity contribution < 1.29 is 13.2 Å². The van der Waals surface area contributed by atoms with Crippen LogP contribution in [-0.2, 0) is 12.7 Å². The summed E-state index contributed by atoms with van der Waals surface area (Å²) in [5, 5.41) is 9.20. The van der Waals surface area contributed by atoms with Gasteiger partial charge in [0, 0.05) is 12.7 Å². The third kappa shape index (κ3) is 3.10. The minimum absolute atomic E-state index is 0.301. The maximum Gasteiger partial charge on any atom is 0.419 e. The SMILES string of the molecule is CCCCn1cc(C(F)(F)F)c(C#N)c1-c1ccccc1. The summed E-state index contributed by atoms with van der Waals surface area (Å²) in [5.74, 6) is 0. The van der Waals surface area contributed by atoms with Gasteiger partial charge in [-0.2, -0.15) is 18.4 Å². The molecule has 1 aromatic heterocycles. The van der Waals surface area contributed by atoms with E-state index in [1.54, 1.807) is 41.0 Å². The molecule has 0 aliphatic carbocycles. The zero-order valence-corrected chi connectivity index (χ0v) is 11.6. The lowest BCUT2D eigenvalue weighted by molar-refractivity contribution is -0.137. The summed E-state index contributed by atoms with van der Waals surface area (Å²) in [7, 11) is 0. The maximum absolute atomic E-state index is 13.1. The van der Waals surface area contributed by atoms with E-state index in [2.05, 4.69) is 0 Å². The van der Waals surface area contributed by atoms with Gasteiger partial charge in [-0.15, -0.1) is 0 Å². The molecule has 0 unspecified atom stereocenters. The second-order valence-electron chi connectivity index (χ2n) is 4.79. The Bertz CT molecular complexity index is 649. The lowest BCUT2D eigenvalue weighted by atomic mass is 10.1. The Kier molecular flexibility index (Phi) is 4.37. The molecule has 0 amide bonds.